The quantitative estimate of drug-likeness (QED) is 0.892. The summed E-state index contributed by atoms with van der Waals surface area (Å²) in [5, 5.41) is 5.53. The van der Waals surface area contributed by atoms with Gasteiger partial charge in [-0.15, -0.1) is 11.3 Å². The van der Waals surface area contributed by atoms with Crippen molar-refractivity contribution in [2.75, 3.05) is 0 Å². The minimum Gasteiger partial charge on any atom is -0.348 e. The number of amides is 1. The van der Waals surface area contributed by atoms with Crippen LogP contribution < -0.4 is 11.1 Å². The summed E-state index contributed by atoms with van der Waals surface area (Å²) in [4.78, 5) is 16.4. The summed E-state index contributed by atoms with van der Waals surface area (Å²) >= 11 is 1.42. The number of nitrogens with one attached hydrogen (secondary N) is 1. The highest BCUT2D eigenvalue weighted by molar-refractivity contribution is 7.09. The van der Waals surface area contributed by atoms with Crippen LogP contribution >= 0.6 is 11.3 Å². The molecule has 0 aliphatic heterocycles. The molecule has 1 amide bonds. The van der Waals surface area contributed by atoms with Crippen LogP contribution in [-0.2, 0) is 6.42 Å². The van der Waals surface area contributed by atoms with Gasteiger partial charge in [-0.1, -0.05) is 24.3 Å². The molecule has 0 fully saturated rings. The molecular formula is C16H21N3OS. The third-order valence-electron chi connectivity index (χ3n) is 3.31. The highest BCUT2D eigenvalue weighted by atomic mass is 32.1. The van der Waals surface area contributed by atoms with Crippen LogP contribution in [0.3, 0.4) is 0 Å². The van der Waals surface area contributed by atoms with Crippen molar-refractivity contribution in [3.05, 3.63) is 51.5 Å². The van der Waals surface area contributed by atoms with E-state index in [9.17, 15) is 4.79 Å². The van der Waals surface area contributed by atoms with E-state index >= 15 is 0 Å². The molecule has 0 aliphatic carbocycles. The first-order valence-corrected chi connectivity index (χ1v) is 7.91. The standard InChI is InChI=1S/C16H21N3OS/c1-10-6-4-5-7-13(10)8-11(2)18-15(20)14-9-21-16(19-14)12(3)17/h4-7,9,11-12H,8,17H2,1-3H3,(H,18,20). The number of carbonyl (C=O) groups is 1. The Morgan fingerprint density at radius 3 is 2.71 bits per heavy atom. The second-order valence-electron chi connectivity index (χ2n) is 5.36. The fourth-order valence-electron chi connectivity index (χ4n) is 2.12. The fourth-order valence-corrected chi connectivity index (χ4v) is 2.88. The highest BCUT2D eigenvalue weighted by Gasteiger charge is 2.15. The van der Waals surface area contributed by atoms with Crippen molar-refractivity contribution < 1.29 is 4.79 Å². The number of nitrogens with zero attached hydrogens (tertiary/aromatic N) is 1. The van der Waals surface area contributed by atoms with E-state index in [2.05, 4.69) is 29.4 Å². The van der Waals surface area contributed by atoms with Gasteiger partial charge in [0, 0.05) is 11.4 Å². The van der Waals surface area contributed by atoms with Gasteiger partial charge in [0.2, 0.25) is 0 Å². The van der Waals surface area contributed by atoms with E-state index in [1.54, 1.807) is 5.38 Å². The highest BCUT2D eigenvalue weighted by Crippen LogP contribution is 2.16. The van der Waals surface area contributed by atoms with Crippen LogP contribution in [0.25, 0.3) is 0 Å². The third-order valence-corrected chi connectivity index (χ3v) is 4.35. The number of carbonyl (C=O) groups excluding carboxylic acids is 1. The maximum Gasteiger partial charge on any atom is 0.270 e. The molecule has 0 radical (unpaired) electrons. The smallest absolute Gasteiger partial charge is 0.270 e. The maximum absolute atomic E-state index is 12.2. The SMILES string of the molecule is Cc1ccccc1CC(C)NC(=O)c1csc(C(C)N)n1. The van der Waals surface area contributed by atoms with Crippen LogP contribution in [0.2, 0.25) is 0 Å². The first-order chi connectivity index (χ1) is 9.97. The van der Waals surface area contributed by atoms with Gasteiger partial charge in [0.15, 0.2) is 0 Å². The van der Waals surface area contributed by atoms with Crippen molar-refractivity contribution in [3.8, 4) is 0 Å². The van der Waals surface area contributed by atoms with Gasteiger partial charge in [0.1, 0.15) is 10.7 Å². The Morgan fingerprint density at radius 2 is 2.10 bits per heavy atom. The van der Waals surface area contributed by atoms with Gasteiger partial charge in [0.25, 0.3) is 5.91 Å². The molecule has 2 rings (SSSR count). The third kappa shape index (κ3) is 4.12. The van der Waals surface area contributed by atoms with Crippen LogP contribution in [0.15, 0.2) is 29.6 Å². The molecule has 5 heteroatoms. The zero-order chi connectivity index (χ0) is 15.4. The zero-order valence-electron chi connectivity index (χ0n) is 12.6. The lowest BCUT2D eigenvalue weighted by molar-refractivity contribution is 0.0935. The normalized spacial score (nSPS) is 13.7. The lowest BCUT2D eigenvalue weighted by Gasteiger charge is -2.14. The Bertz CT molecular complexity index is 621. The molecular weight excluding hydrogens is 282 g/mol. The molecule has 0 aliphatic rings. The van der Waals surface area contributed by atoms with Crippen molar-refractivity contribution >= 4 is 17.2 Å². The molecule has 0 spiro atoms. The van der Waals surface area contributed by atoms with Crippen LogP contribution in [0.1, 0.15) is 46.5 Å². The zero-order valence-corrected chi connectivity index (χ0v) is 13.4. The fraction of sp³-hybridized carbons (Fsp3) is 0.375. The van der Waals surface area contributed by atoms with E-state index < -0.39 is 0 Å². The number of benzene rings is 1. The first-order valence-electron chi connectivity index (χ1n) is 7.03. The average molecular weight is 303 g/mol. The maximum atomic E-state index is 12.2. The van der Waals surface area contributed by atoms with E-state index in [4.69, 9.17) is 5.73 Å². The lowest BCUT2D eigenvalue weighted by Crippen LogP contribution is -2.34. The van der Waals surface area contributed by atoms with Gasteiger partial charge in [0.05, 0.1) is 6.04 Å². The summed E-state index contributed by atoms with van der Waals surface area (Å²) in [5.74, 6) is -0.140. The summed E-state index contributed by atoms with van der Waals surface area (Å²) in [6.07, 6.45) is 0.808. The van der Waals surface area contributed by atoms with Gasteiger partial charge in [-0.3, -0.25) is 4.79 Å². The van der Waals surface area contributed by atoms with Crippen LogP contribution in [0.5, 0.6) is 0 Å². The lowest BCUT2D eigenvalue weighted by atomic mass is 10.0. The molecule has 2 aromatic rings. The van der Waals surface area contributed by atoms with Crippen molar-refractivity contribution in [1.29, 1.82) is 0 Å². The number of aromatic nitrogens is 1. The number of rotatable bonds is 5. The Morgan fingerprint density at radius 1 is 1.38 bits per heavy atom. The van der Waals surface area contributed by atoms with Crippen LogP contribution in [0.4, 0.5) is 0 Å². The Kier molecular flexibility index (Phi) is 5.09. The molecule has 2 unspecified atom stereocenters. The minimum atomic E-state index is -0.140. The van der Waals surface area contributed by atoms with Gasteiger partial charge < -0.3 is 11.1 Å². The number of thiazole rings is 1. The van der Waals surface area contributed by atoms with Gasteiger partial charge in [-0.2, -0.15) is 0 Å². The number of nitrogens with two attached hydrogens (primary N) is 1. The van der Waals surface area contributed by atoms with E-state index in [0.717, 1.165) is 11.4 Å². The van der Waals surface area contributed by atoms with E-state index in [1.807, 2.05) is 26.0 Å². The van der Waals surface area contributed by atoms with Crippen molar-refractivity contribution in [2.45, 2.75) is 39.3 Å². The van der Waals surface area contributed by atoms with Gasteiger partial charge >= 0.3 is 0 Å². The van der Waals surface area contributed by atoms with Gasteiger partial charge in [-0.25, -0.2) is 4.98 Å². The van der Waals surface area contributed by atoms with E-state index in [-0.39, 0.29) is 18.0 Å². The molecule has 1 aromatic carbocycles. The van der Waals surface area contributed by atoms with Crippen molar-refractivity contribution in [1.82, 2.24) is 10.3 Å². The predicted molar refractivity (Wildman–Crippen MR) is 86.5 cm³/mol. The van der Waals surface area contributed by atoms with Crippen molar-refractivity contribution in [3.63, 3.8) is 0 Å². The Labute approximate surface area is 129 Å². The largest absolute Gasteiger partial charge is 0.348 e. The average Bonchev–Trinajstić information content (AvgIpc) is 2.91. The molecule has 0 saturated heterocycles. The molecule has 1 aromatic heterocycles. The topological polar surface area (TPSA) is 68.0 Å². The number of aryl methyl sites for hydroxylation is 1. The molecule has 2 atom stereocenters. The molecule has 3 N–H and O–H groups in total. The summed E-state index contributed by atoms with van der Waals surface area (Å²) < 4.78 is 0. The minimum absolute atomic E-state index is 0.0547. The second kappa shape index (κ2) is 6.83. The summed E-state index contributed by atoms with van der Waals surface area (Å²) in [5.41, 5.74) is 8.70. The summed E-state index contributed by atoms with van der Waals surface area (Å²) in [7, 11) is 0. The number of hydrogen-bond donors (Lipinski definition) is 2. The Hall–Kier alpha value is -1.72. The van der Waals surface area contributed by atoms with E-state index in [0.29, 0.717) is 5.69 Å². The molecule has 1 heterocycles. The van der Waals surface area contributed by atoms with E-state index in [1.165, 1.54) is 22.5 Å². The summed E-state index contributed by atoms with van der Waals surface area (Å²) in [6.45, 7) is 5.95. The second-order valence-corrected chi connectivity index (χ2v) is 6.25. The first kappa shape index (κ1) is 15.7. The van der Waals surface area contributed by atoms with Crippen LogP contribution in [0, 0.1) is 6.92 Å². The monoisotopic (exact) mass is 303 g/mol. The molecule has 0 bridgehead atoms. The molecule has 4 nitrogen and oxygen atoms in total. The molecule has 21 heavy (non-hydrogen) atoms. The van der Waals surface area contributed by atoms with Gasteiger partial charge in [-0.05, 0) is 38.3 Å². The van der Waals surface area contributed by atoms with Crippen molar-refractivity contribution in [2.24, 2.45) is 5.73 Å². The van der Waals surface area contributed by atoms with Crippen LogP contribution in [-0.4, -0.2) is 16.9 Å². The number of hydrogen-bond acceptors (Lipinski definition) is 4. The molecule has 0 saturated carbocycles. The Balaban J connectivity index is 1.97. The molecule has 112 valence electrons. The summed E-state index contributed by atoms with van der Waals surface area (Å²) in [6, 6.07) is 8.13. The predicted octanol–water partition coefficient (Wildman–Crippen LogP) is 2.83.